The predicted octanol–water partition coefficient (Wildman–Crippen LogP) is 2.34. The van der Waals surface area contributed by atoms with Crippen LogP contribution in [0.3, 0.4) is 0 Å². The van der Waals surface area contributed by atoms with Gasteiger partial charge in [-0.3, -0.25) is 4.79 Å². The van der Waals surface area contributed by atoms with Gasteiger partial charge in [0.2, 0.25) is 0 Å². The van der Waals surface area contributed by atoms with Gasteiger partial charge in [-0.15, -0.1) is 0 Å². The molecule has 3 atom stereocenters. The van der Waals surface area contributed by atoms with Crippen LogP contribution in [0.2, 0.25) is 0 Å². The van der Waals surface area contributed by atoms with Crippen LogP contribution in [0.5, 0.6) is 0 Å². The fraction of sp³-hybridized carbons (Fsp3) is 0.714. The molecule has 0 aromatic carbocycles. The minimum absolute atomic E-state index is 0.0543. The topological polar surface area (TPSA) is 57.8 Å². The molecule has 1 aliphatic carbocycles. The highest BCUT2D eigenvalue weighted by molar-refractivity contribution is 7.99. The van der Waals surface area contributed by atoms with Crippen LogP contribution in [0, 0.1) is 12.8 Å². The van der Waals surface area contributed by atoms with Crippen LogP contribution in [0.15, 0.2) is 16.0 Å². The molecule has 1 aromatic rings. The van der Waals surface area contributed by atoms with Crippen molar-refractivity contribution in [1.29, 1.82) is 0 Å². The number of hydrogen-bond donors (Lipinski definition) is 2. The van der Waals surface area contributed by atoms with Crippen molar-refractivity contribution in [1.82, 2.24) is 15.3 Å². The van der Waals surface area contributed by atoms with E-state index in [2.05, 4.69) is 29.1 Å². The van der Waals surface area contributed by atoms with Gasteiger partial charge in [-0.05, 0) is 38.6 Å². The Morgan fingerprint density at radius 2 is 2.32 bits per heavy atom. The lowest BCUT2D eigenvalue weighted by molar-refractivity contribution is 0.431. The maximum atomic E-state index is 11.5. The molecule has 106 valence electrons. The number of H-pyrrole nitrogens is 1. The molecule has 3 unspecified atom stereocenters. The SMILES string of the molecule is CCCNC1CCC(Sc2nc(C)cc(=O)[nH]2)C1C. The number of aromatic nitrogens is 2. The summed E-state index contributed by atoms with van der Waals surface area (Å²) in [6, 6.07) is 2.14. The Labute approximate surface area is 118 Å². The zero-order valence-electron chi connectivity index (χ0n) is 11.9. The van der Waals surface area contributed by atoms with Crippen molar-refractivity contribution < 1.29 is 0 Å². The van der Waals surface area contributed by atoms with E-state index in [4.69, 9.17) is 0 Å². The molecular formula is C14H23N3OS. The highest BCUT2D eigenvalue weighted by Gasteiger charge is 2.33. The normalized spacial score (nSPS) is 26.8. The van der Waals surface area contributed by atoms with Gasteiger partial charge in [0.05, 0.1) is 0 Å². The first-order chi connectivity index (χ1) is 9.10. The van der Waals surface area contributed by atoms with E-state index in [0.29, 0.717) is 17.2 Å². The van der Waals surface area contributed by atoms with Gasteiger partial charge in [0.15, 0.2) is 5.16 Å². The molecule has 0 aliphatic heterocycles. The maximum absolute atomic E-state index is 11.5. The first-order valence-electron chi connectivity index (χ1n) is 7.08. The van der Waals surface area contributed by atoms with Crippen LogP contribution in [0.25, 0.3) is 0 Å². The third-order valence-electron chi connectivity index (χ3n) is 3.75. The number of nitrogens with zero attached hydrogens (tertiary/aromatic N) is 1. The number of rotatable bonds is 5. The molecule has 19 heavy (non-hydrogen) atoms. The summed E-state index contributed by atoms with van der Waals surface area (Å²) >= 11 is 1.72. The highest BCUT2D eigenvalue weighted by atomic mass is 32.2. The van der Waals surface area contributed by atoms with Crippen LogP contribution in [0.1, 0.15) is 38.8 Å². The molecule has 5 heteroatoms. The minimum atomic E-state index is -0.0543. The van der Waals surface area contributed by atoms with Crippen molar-refractivity contribution in [2.75, 3.05) is 6.54 Å². The van der Waals surface area contributed by atoms with Crippen molar-refractivity contribution in [3.05, 3.63) is 22.1 Å². The summed E-state index contributed by atoms with van der Waals surface area (Å²) in [4.78, 5) is 18.7. The van der Waals surface area contributed by atoms with E-state index < -0.39 is 0 Å². The average Bonchev–Trinajstić information content (AvgIpc) is 2.67. The summed E-state index contributed by atoms with van der Waals surface area (Å²) in [6.45, 7) is 7.45. The largest absolute Gasteiger partial charge is 0.314 e. The molecule has 1 saturated carbocycles. The maximum Gasteiger partial charge on any atom is 0.251 e. The number of nitrogens with one attached hydrogen (secondary N) is 2. The fourth-order valence-electron chi connectivity index (χ4n) is 2.66. The van der Waals surface area contributed by atoms with E-state index in [1.165, 1.54) is 25.3 Å². The van der Waals surface area contributed by atoms with Crippen LogP contribution in [0.4, 0.5) is 0 Å². The Morgan fingerprint density at radius 3 is 3.00 bits per heavy atom. The van der Waals surface area contributed by atoms with Crippen molar-refractivity contribution in [3.8, 4) is 0 Å². The lowest BCUT2D eigenvalue weighted by Gasteiger charge is -2.21. The van der Waals surface area contributed by atoms with Gasteiger partial charge in [-0.1, -0.05) is 25.6 Å². The molecule has 0 amide bonds. The average molecular weight is 281 g/mol. The molecule has 1 aliphatic rings. The van der Waals surface area contributed by atoms with Gasteiger partial charge < -0.3 is 10.3 Å². The van der Waals surface area contributed by atoms with Gasteiger partial charge in [0, 0.05) is 23.1 Å². The second-order valence-electron chi connectivity index (χ2n) is 5.35. The Balaban J connectivity index is 1.98. The molecule has 0 radical (unpaired) electrons. The molecule has 1 aromatic heterocycles. The Kier molecular flexibility index (Phi) is 5.05. The van der Waals surface area contributed by atoms with Crippen molar-refractivity contribution in [2.24, 2.45) is 5.92 Å². The summed E-state index contributed by atoms with van der Waals surface area (Å²) < 4.78 is 0. The van der Waals surface area contributed by atoms with E-state index in [1.54, 1.807) is 11.8 Å². The first kappa shape index (κ1) is 14.6. The number of aryl methyl sites for hydroxylation is 1. The lowest BCUT2D eigenvalue weighted by Crippen LogP contribution is -2.33. The van der Waals surface area contributed by atoms with Crippen LogP contribution in [-0.4, -0.2) is 27.8 Å². The molecule has 0 saturated heterocycles. The zero-order valence-corrected chi connectivity index (χ0v) is 12.7. The third-order valence-corrected chi connectivity index (χ3v) is 5.14. The number of thioether (sulfide) groups is 1. The van der Waals surface area contributed by atoms with Gasteiger partial charge >= 0.3 is 0 Å². The van der Waals surface area contributed by atoms with Crippen molar-refractivity contribution in [2.45, 2.75) is 56.5 Å². The molecule has 2 rings (SSSR count). The lowest BCUT2D eigenvalue weighted by atomic mass is 10.1. The zero-order chi connectivity index (χ0) is 13.8. The molecule has 4 nitrogen and oxygen atoms in total. The van der Waals surface area contributed by atoms with Gasteiger partial charge in [0.25, 0.3) is 5.56 Å². The van der Waals surface area contributed by atoms with Crippen LogP contribution < -0.4 is 10.9 Å². The van der Waals surface area contributed by atoms with E-state index >= 15 is 0 Å². The predicted molar refractivity (Wildman–Crippen MR) is 79.7 cm³/mol. The van der Waals surface area contributed by atoms with E-state index in [1.807, 2.05) is 6.92 Å². The first-order valence-corrected chi connectivity index (χ1v) is 7.96. The number of aromatic amines is 1. The van der Waals surface area contributed by atoms with Crippen molar-refractivity contribution >= 4 is 11.8 Å². The summed E-state index contributed by atoms with van der Waals surface area (Å²) in [5.41, 5.74) is 0.735. The smallest absolute Gasteiger partial charge is 0.251 e. The van der Waals surface area contributed by atoms with Gasteiger partial charge in [-0.25, -0.2) is 4.98 Å². The van der Waals surface area contributed by atoms with E-state index in [0.717, 1.165) is 17.4 Å². The van der Waals surface area contributed by atoms with Crippen LogP contribution in [-0.2, 0) is 0 Å². The van der Waals surface area contributed by atoms with Crippen molar-refractivity contribution in [3.63, 3.8) is 0 Å². The summed E-state index contributed by atoms with van der Waals surface area (Å²) in [7, 11) is 0. The Bertz CT molecular complexity index is 474. The third kappa shape index (κ3) is 3.83. The molecular weight excluding hydrogens is 258 g/mol. The fourth-order valence-corrected chi connectivity index (χ4v) is 3.96. The van der Waals surface area contributed by atoms with Gasteiger partial charge in [0.1, 0.15) is 0 Å². The minimum Gasteiger partial charge on any atom is -0.314 e. The Hall–Kier alpha value is -0.810. The molecule has 0 spiro atoms. The number of hydrogen-bond acceptors (Lipinski definition) is 4. The highest BCUT2D eigenvalue weighted by Crippen LogP contribution is 2.37. The summed E-state index contributed by atoms with van der Waals surface area (Å²) in [6.07, 6.45) is 3.58. The van der Waals surface area contributed by atoms with Crippen LogP contribution >= 0.6 is 11.8 Å². The molecule has 2 N–H and O–H groups in total. The standard InChI is InChI=1S/C14H23N3OS/c1-4-7-15-11-5-6-12(10(11)3)19-14-16-9(2)8-13(18)17-14/h8,10-12,15H,4-7H2,1-3H3,(H,16,17,18). The molecule has 0 bridgehead atoms. The van der Waals surface area contributed by atoms with E-state index in [-0.39, 0.29) is 5.56 Å². The summed E-state index contributed by atoms with van der Waals surface area (Å²) in [5, 5.41) is 4.92. The molecule has 1 heterocycles. The molecule has 1 fully saturated rings. The van der Waals surface area contributed by atoms with E-state index in [9.17, 15) is 4.79 Å². The second-order valence-corrected chi connectivity index (χ2v) is 6.57. The Morgan fingerprint density at radius 1 is 1.53 bits per heavy atom. The monoisotopic (exact) mass is 281 g/mol. The quantitative estimate of drug-likeness (QED) is 0.813. The van der Waals surface area contributed by atoms with Gasteiger partial charge in [-0.2, -0.15) is 0 Å². The second kappa shape index (κ2) is 6.57. The summed E-state index contributed by atoms with van der Waals surface area (Å²) in [5.74, 6) is 0.613.